The van der Waals surface area contributed by atoms with E-state index < -0.39 is 0 Å². The lowest BCUT2D eigenvalue weighted by Crippen LogP contribution is -3.11. The SMILES string of the molecule is Cc1c2c(cc(=O)n1N1CCN(C)CC1)N[NH+](c1nc3ccccc3s1)C2=O. The van der Waals surface area contributed by atoms with E-state index in [1.165, 1.54) is 17.4 Å². The number of piperazine rings is 1. The minimum atomic E-state index is -0.119. The first-order valence-corrected chi connectivity index (χ1v) is 10.1. The molecule has 0 aliphatic carbocycles. The summed E-state index contributed by atoms with van der Waals surface area (Å²) in [5.74, 6) is -0.102. The van der Waals surface area contributed by atoms with Gasteiger partial charge in [0, 0.05) is 32.2 Å². The van der Waals surface area contributed by atoms with Crippen LogP contribution in [0.4, 0.5) is 10.8 Å². The number of hydrogen-bond acceptors (Lipinski definition) is 7. The van der Waals surface area contributed by atoms with Crippen molar-refractivity contribution in [3.63, 3.8) is 0 Å². The van der Waals surface area contributed by atoms with E-state index in [1.54, 1.807) is 4.68 Å². The highest BCUT2D eigenvalue weighted by molar-refractivity contribution is 7.21. The van der Waals surface area contributed by atoms with Crippen molar-refractivity contribution in [2.45, 2.75) is 6.92 Å². The Labute approximate surface area is 165 Å². The zero-order valence-electron chi connectivity index (χ0n) is 15.7. The molecule has 2 aromatic heterocycles. The van der Waals surface area contributed by atoms with E-state index >= 15 is 0 Å². The van der Waals surface area contributed by atoms with Gasteiger partial charge in [-0.05, 0) is 26.1 Å². The van der Waals surface area contributed by atoms with Crippen LogP contribution in [0.3, 0.4) is 0 Å². The molecule has 3 aromatic rings. The van der Waals surface area contributed by atoms with Crippen LogP contribution in [0.5, 0.6) is 0 Å². The third-order valence-corrected chi connectivity index (χ3v) is 6.46. The molecule has 1 saturated heterocycles. The fourth-order valence-electron chi connectivity index (χ4n) is 3.90. The third kappa shape index (κ3) is 2.62. The number of carbonyl (C=O) groups is 1. The molecule has 2 aliphatic heterocycles. The Hall–Kier alpha value is -2.75. The molecule has 0 bridgehead atoms. The molecule has 2 N–H and O–H groups in total. The summed E-state index contributed by atoms with van der Waals surface area (Å²) in [5.41, 5.74) is 5.73. The van der Waals surface area contributed by atoms with Crippen LogP contribution >= 0.6 is 11.3 Å². The smallest absolute Gasteiger partial charge is 0.307 e. The highest BCUT2D eigenvalue weighted by Gasteiger charge is 2.40. The molecule has 9 heteroatoms. The van der Waals surface area contributed by atoms with Crippen LogP contribution in [0, 0.1) is 6.92 Å². The van der Waals surface area contributed by atoms with Gasteiger partial charge in [0.25, 0.3) is 5.56 Å². The third-order valence-electron chi connectivity index (χ3n) is 5.41. The van der Waals surface area contributed by atoms with E-state index in [-0.39, 0.29) is 11.5 Å². The van der Waals surface area contributed by atoms with Gasteiger partial charge in [-0.1, -0.05) is 23.5 Å². The summed E-state index contributed by atoms with van der Waals surface area (Å²) in [6.07, 6.45) is 0. The largest absolute Gasteiger partial charge is 0.379 e. The molecule has 1 amide bonds. The van der Waals surface area contributed by atoms with Gasteiger partial charge in [0.15, 0.2) is 0 Å². The zero-order chi connectivity index (χ0) is 19.4. The van der Waals surface area contributed by atoms with Gasteiger partial charge < -0.3 is 9.91 Å². The number of pyridine rings is 1. The number of para-hydroxylation sites is 1. The molecule has 4 heterocycles. The second kappa shape index (κ2) is 6.40. The van der Waals surface area contributed by atoms with Gasteiger partial charge in [-0.3, -0.25) is 4.79 Å². The van der Waals surface area contributed by atoms with Gasteiger partial charge in [0.2, 0.25) is 0 Å². The molecule has 1 atom stereocenters. The number of nitrogens with one attached hydrogen (secondary N) is 2. The minimum absolute atomic E-state index is 0.102. The molecule has 0 radical (unpaired) electrons. The monoisotopic (exact) mass is 397 g/mol. The van der Waals surface area contributed by atoms with Crippen molar-refractivity contribution in [1.82, 2.24) is 14.6 Å². The molecule has 2 aliphatic rings. The normalized spacial score (nSPS) is 19.9. The maximum atomic E-state index is 13.2. The second-order valence-electron chi connectivity index (χ2n) is 7.24. The Morgan fingerprint density at radius 2 is 1.89 bits per heavy atom. The molecule has 0 saturated carbocycles. The predicted octanol–water partition coefficient (Wildman–Crippen LogP) is 0.347. The van der Waals surface area contributed by atoms with E-state index in [1.807, 2.05) is 36.2 Å². The van der Waals surface area contributed by atoms with Gasteiger partial charge >= 0.3 is 11.0 Å². The number of benzene rings is 1. The van der Waals surface area contributed by atoms with E-state index in [4.69, 9.17) is 0 Å². The topological polar surface area (TPSA) is 74.9 Å². The number of quaternary nitrogens is 1. The molecule has 8 nitrogen and oxygen atoms in total. The number of rotatable bonds is 2. The van der Waals surface area contributed by atoms with Crippen LogP contribution < -0.4 is 21.0 Å². The van der Waals surface area contributed by atoms with E-state index in [0.29, 0.717) is 27.1 Å². The van der Waals surface area contributed by atoms with Gasteiger partial charge in [-0.2, -0.15) is 4.98 Å². The van der Waals surface area contributed by atoms with Crippen LogP contribution in [0.25, 0.3) is 10.2 Å². The van der Waals surface area contributed by atoms with Gasteiger partial charge in [-0.15, -0.1) is 5.01 Å². The van der Waals surface area contributed by atoms with Gasteiger partial charge in [-0.25, -0.2) is 14.9 Å². The first-order valence-electron chi connectivity index (χ1n) is 9.28. The molecule has 144 valence electrons. The van der Waals surface area contributed by atoms with Crippen LogP contribution in [0.1, 0.15) is 16.1 Å². The minimum Gasteiger partial charge on any atom is -0.307 e. The molecule has 28 heavy (non-hydrogen) atoms. The van der Waals surface area contributed by atoms with E-state index in [2.05, 4.69) is 22.4 Å². The first-order chi connectivity index (χ1) is 13.5. The number of nitrogens with zero attached hydrogens (tertiary/aromatic N) is 4. The Bertz CT molecular complexity index is 1110. The number of carbonyl (C=O) groups excluding carboxylic acids is 1. The predicted molar refractivity (Wildman–Crippen MR) is 109 cm³/mol. The Morgan fingerprint density at radius 1 is 1.14 bits per heavy atom. The lowest BCUT2D eigenvalue weighted by Gasteiger charge is -2.35. The Balaban J connectivity index is 1.54. The van der Waals surface area contributed by atoms with E-state index in [0.717, 1.165) is 36.4 Å². The summed E-state index contributed by atoms with van der Waals surface area (Å²) in [4.78, 5) is 32.9. The number of anilines is 1. The summed E-state index contributed by atoms with van der Waals surface area (Å²) in [6.45, 7) is 5.13. The summed E-state index contributed by atoms with van der Waals surface area (Å²) >= 11 is 1.48. The molecule has 0 spiro atoms. The first kappa shape index (κ1) is 17.4. The number of thiazole rings is 1. The van der Waals surface area contributed by atoms with Crippen LogP contribution in [-0.2, 0) is 0 Å². The van der Waals surface area contributed by atoms with Crippen LogP contribution in [0.2, 0.25) is 0 Å². The van der Waals surface area contributed by atoms with Crippen molar-refractivity contribution in [3.8, 4) is 0 Å². The lowest BCUT2D eigenvalue weighted by molar-refractivity contribution is -0.709. The van der Waals surface area contributed by atoms with Crippen molar-refractivity contribution in [1.29, 1.82) is 0 Å². The molecule has 1 aromatic carbocycles. The Morgan fingerprint density at radius 3 is 2.64 bits per heavy atom. The van der Waals surface area contributed by atoms with Crippen molar-refractivity contribution in [2.75, 3.05) is 43.7 Å². The summed E-state index contributed by atoms with van der Waals surface area (Å²) in [5, 5.41) is 3.14. The Kier molecular flexibility index (Phi) is 3.97. The number of hydrogen-bond donors (Lipinski definition) is 2. The van der Waals surface area contributed by atoms with Crippen LogP contribution in [-0.4, -0.2) is 53.7 Å². The highest BCUT2D eigenvalue weighted by atomic mass is 32.1. The van der Waals surface area contributed by atoms with Crippen LogP contribution in [0.15, 0.2) is 35.1 Å². The maximum absolute atomic E-state index is 13.2. The number of aromatic nitrogens is 2. The molecule has 5 rings (SSSR count). The van der Waals surface area contributed by atoms with E-state index in [9.17, 15) is 9.59 Å². The molecule has 1 unspecified atom stereocenters. The lowest BCUT2D eigenvalue weighted by atomic mass is 10.1. The number of fused-ring (bicyclic) bond motifs is 2. The van der Waals surface area contributed by atoms with Gasteiger partial charge in [0.1, 0.15) is 11.3 Å². The van der Waals surface area contributed by atoms with Crippen molar-refractivity contribution in [2.24, 2.45) is 0 Å². The van der Waals surface area contributed by atoms with Crippen molar-refractivity contribution < 1.29 is 9.80 Å². The fourth-order valence-corrected chi connectivity index (χ4v) is 4.86. The highest BCUT2D eigenvalue weighted by Crippen LogP contribution is 2.26. The summed E-state index contributed by atoms with van der Waals surface area (Å²) in [7, 11) is 2.07. The van der Waals surface area contributed by atoms with Crippen molar-refractivity contribution in [3.05, 3.63) is 51.9 Å². The average Bonchev–Trinajstić information content (AvgIpc) is 3.24. The zero-order valence-corrected chi connectivity index (χ0v) is 16.5. The fraction of sp³-hybridized carbons (Fsp3) is 0.316. The second-order valence-corrected chi connectivity index (χ2v) is 8.27. The standard InChI is InChI=1S/C19H20N6O2S/c1-12-17-14(11-16(26)25(12)23-9-7-22(2)8-10-23)21-24(18(17)27)19-20-13-5-3-4-6-15(13)28-19/h3-6,11,21H,7-10H2,1-2H3/p+1. The quantitative estimate of drug-likeness (QED) is 0.650. The number of amides is 1. The maximum Gasteiger partial charge on any atom is 0.379 e. The molecular formula is C19H21N6O2S+. The van der Waals surface area contributed by atoms with Crippen molar-refractivity contribution >= 4 is 38.3 Å². The van der Waals surface area contributed by atoms with Gasteiger partial charge in [0.05, 0.1) is 15.9 Å². The summed E-state index contributed by atoms with van der Waals surface area (Å²) < 4.78 is 2.69. The summed E-state index contributed by atoms with van der Waals surface area (Å²) in [6, 6.07) is 9.35. The molecular weight excluding hydrogens is 376 g/mol. The number of likely N-dealkylation sites (N-methyl/N-ethyl adjacent to an activating group) is 1. The molecule has 1 fully saturated rings. The average molecular weight is 397 g/mol.